The summed E-state index contributed by atoms with van der Waals surface area (Å²) >= 11 is 0. The highest BCUT2D eigenvalue weighted by molar-refractivity contribution is 5.97. The zero-order valence-corrected chi connectivity index (χ0v) is 15.4. The van der Waals surface area contributed by atoms with Gasteiger partial charge in [-0.25, -0.2) is 0 Å². The summed E-state index contributed by atoms with van der Waals surface area (Å²) in [4.78, 5) is 15.0. The van der Waals surface area contributed by atoms with E-state index in [2.05, 4.69) is 16.4 Å². The minimum Gasteiger partial charge on any atom is -0.468 e. The average Bonchev–Trinajstić information content (AvgIpc) is 3.17. The summed E-state index contributed by atoms with van der Waals surface area (Å²) < 4.78 is 10.7. The molecule has 0 aliphatic carbocycles. The molecule has 4 rings (SSSR count). The molecule has 1 heterocycles. The normalized spacial score (nSPS) is 10.6. The van der Waals surface area contributed by atoms with Crippen molar-refractivity contribution in [2.75, 3.05) is 19.0 Å². The Balaban J connectivity index is 1.75. The summed E-state index contributed by atoms with van der Waals surface area (Å²) in [6.07, 6.45) is 0. The van der Waals surface area contributed by atoms with Crippen molar-refractivity contribution in [1.29, 1.82) is 0 Å². The molecule has 0 fully saturated rings. The number of rotatable bonds is 6. The van der Waals surface area contributed by atoms with Crippen LogP contribution >= 0.6 is 0 Å². The van der Waals surface area contributed by atoms with E-state index in [-0.39, 0.29) is 12.5 Å². The standard InChI is InChI=1S/C23H20N2O3/c1-27-22(26)15-24-21-14-19(28-18-10-6-3-7-11-18)12-17-13-20(25-23(17)21)16-8-4-2-5-9-16/h2-14,24-25H,15H2,1H3. The molecule has 0 unspecified atom stereocenters. The number of hydrogen-bond donors (Lipinski definition) is 2. The SMILES string of the molecule is COC(=O)CNc1cc(Oc2ccccc2)cc2cc(-c3ccccc3)[nH]c12. The predicted molar refractivity (Wildman–Crippen MR) is 111 cm³/mol. The molecule has 0 atom stereocenters. The first kappa shape index (κ1) is 17.7. The predicted octanol–water partition coefficient (Wildman–Crippen LogP) is 5.21. The summed E-state index contributed by atoms with van der Waals surface area (Å²) in [6.45, 7) is 0.0695. The molecule has 1 aromatic heterocycles. The number of carbonyl (C=O) groups is 1. The number of anilines is 1. The highest BCUT2D eigenvalue weighted by Crippen LogP contribution is 2.34. The van der Waals surface area contributed by atoms with Crippen LogP contribution in [0.3, 0.4) is 0 Å². The Hall–Kier alpha value is -3.73. The maximum Gasteiger partial charge on any atom is 0.325 e. The van der Waals surface area contributed by atoms with Crippen molar-refractivity contribution in [2.45, 2.75) is 0 Å². The molecule has 0 radical (unpaired) electrons. The van der Waals surface area contributed by atoms with Gasteiger partial charge in [0.25, 0.3) is 0 Å². The van der Waals surface area contributed by atoms with E-state index in [0.717, 1.165) is 33.6 Å². The molecule has 0 amide bonds. The molecule has 140 valence electrons. The molecule has 2 N–H and O–H groups in total. The molecule has 0 aliphatic rings. The molecule has 3 aromatic carbocycles. The average molecular weight is 372 g/mol. The Labute approximate surface area is 162 Å². The molecule has 0 bridgehead atoms. The van der Waals surface area contributed by atoms with E-state index in [1.165, 1.54) is 7.11 Å². The van der Waals surface area contributed by atoms with Crippen LogP contribution in [0.25, 0.3) is 22.2 Å². The van der Waals surface area contributed by atoms with E-state index < -0.39 is 0 Å². The third-order valence-corrected chi connectivity index (χ3v) is 4.42. The molecule has 4 aromatic rings. The van der Waals surface area contributed by atoms with Crippen molar-refractivity contribution in [3.8, 4) is 22.8 Å². The number of esters is 1. The lowest BCUT2D eigenvalue weighted by Gasteiger charge is -2.11. The zero-order valence-electron chi connectivity index (χ0n) is 15.4. The maximum atomic E-state index is 11.6. The number of ether oxygens (including phenoxy) is 2. The molecule has 0 spiro atoms. The van der Waals surface area contributed by atoms with Crippen molar-refractivity contribution in [1.82, 2.24) is 4.98 Å². The van der Waals surface area contributed by atoms with Gasteiger partial charge < -0.3 is 19.8 Å². The molecular weight excluding hydrogens is 352 g/mol. The summed E-state index contributed by atoms with van der Waals surface area (Å²) in [6, 6.07) is 25.6. The summed E-state index contributed by atoms with van der Waals surface area (Å²) in [7, 11) is 1.37. The third kappa shape index (κ3) is 3.83. The van der Waals surface area contributed by atoms with E-state index in [4.69, 9.17) is 9.47 Å². The highest BCUT2D eigenvalue weighted by Gasteiger charge is 2.12. The van der Waals surface area contributed by atoms with Crippen LogP contribution in [0, 0.1) is 0 Å². The van der Waals surface area contributed by atoms with Gasteiger partial charge in [0.15, 0.2) is 0 Å². The Morgan fingerprint density at radius 3 is 2.36 bits per heavy atom. The van der Waals surface area contributed by atoms with E-state index in [1.54, 1.807) is 0 Å². The van der Waals surface area contributed by atoms with Crippen LogP contribution in [-0.4, -0.2) is 24.6 Å². The number of nitrogens with one attached hydrogen (secondary N) is 2. The molecule has 28 heavy (non-hydrogen) atoms. The number of fused-ring (bicyclic) bond motifs is 1. The third-order valence-electron chi connectivity index (χ3n) is 4.42. The number of aromatic nitrogens is 1. The van der Waals surface area contributed by atoms with Gasteiger partial charge in [-0.05, 0) is 29.8 Å². The van der Waals surface area contributed by atoms with E-state index in [9.17, 15) is 4.79 Å². The first-order chi connectivity index (χ1) is 13.7. The van der Waals surface area contributed by atoms with E-state index in [1.807, 2.05) is 72.8 Å². The van der Waals surface area contributed by atoms with Crippen molar-refractivity contribution in [3.05, 3.63) is 78.9 Å². The van der Waals surface area contributed by atoms with Crippen molar-refractivity contribution in [3.63, 3.8) is 0 Å². The number of carbonyl (C=O) groups excluding carboxylic acids is 1. The van der Waals surface area contributed by atoms with Crippen LogP contribution in [0.1, 0.15) is 0 Å². The Morgan fingerprint density at radius 2 is 1.64 bits per heavy atom. The van der Waals surface area contributed by atoms with Gasteiger partial charge in [-0.15, -0.1) is 0 Å². The highest BCUT2D eigenvalue weighted by atomic mass is 16.5. The number of hydrogen-bond acceptors (Lipinski definition) is 4. The van der Waals surface area contributed by atoms with E-state index >= 15 is 0 Å². The fraction of sp³-hybridized carbons (Fsp3) is 0.0870. The number of methoxy groups -OCH3 is 1. The van der Waals surface area contributed by atoms with Gasteiger partial charge in [0.05, 0.1) is 18.3 Å². The molecule has 0 aliphatic heterocycles. The van der Waals surface area contributed by atoms with Gasteiger partial charge >= 0.3 is 5.97 Å². The van der Waals surface area contributed by atoms with Gasteiger partial charge in [-0.3, -0.25) is 4.79 Å². The second-order valence-corrected chi connectivity index (χ2v) is 6.33. The van der Waals surface area contributed by atoms with Crippen molar-refractivity contribution < 1.29 is 14.3 Å². The lowest BCUT2D eigenvalue weighted by atomic mass is 10.1. The lowest BCUT2D eigenvalue weighted by molar-refractivity contribution is -0.138. The zero-order chi connectivity index (χ0) is 19.3. The smallest absolute Gasteiger partial charge is 0.325 e. The van der Waals surface area contributed by atoms with Gasteiger partial charge in [-0.2, -0.15) is 0 Å². The summed E-state index contributed by atoms with van der Waals surface area (Å²) in [5, 5.41) is 4.13. The Bertz CT molecular complexity index is 1090. The van der Waals surface area contributed by atoms with Crippen LogP contribution < -0.4 is 10.1 Å². The Morgan fingerprint density at radius 1 is 0.929 bits per heavy atom. The van der Waals surface area contributed by atoms with Crippen LogP contribution in [-0.2, 0) is 9.53 Å². The number of benzene rings is 3. The maximum absolute atomic E-state index is 11.6. The van der Waals surface area contributed by atoms with Crippen LogP contribution in [0.4, 0.5) is 5.69 Å². The van der Waals surface area contributed by atoms with Gasteiger partial charge in [0.1, 0.15) is 18.0 Å². The number of para-hydroxylation sites is 1. The molecule has 0 saturated carbocycles. The molecule has 0 saturated heterocycles. The first-order valence-corrected chi connectivity index (χ1v) is 8.99. The Kier molecular flexibility index (Phi) is 4.97. The summed E-state index contributed by atoms with van der Waals surface area (Å²) in [5.74, 6) is 1.10. The molecule has 5 heteroatoms. The van der Waals surface area contributed by atoms with E-state index in [0.29, 0.717) is 5.75 Å². The second kappa shape index (κ2) is 7.88. The second-order valence-electron chi connectivity index (χ2n) is 6.33. The topological polar surface area (TPSA) is 63.4 Å². The number of aromatic amines is 1. The monoisotopic (exact) mass is 372 g/mol. The van der Waals surface area contributed by atoms with Crippen LogP contribution in [0.2, 0.25) is 0 Å². The largest absolute Gasteiger partial charge is 0.468 e. The quantitative estimate of drug-likeness (QED) is 0.456. The van der Waals surface area contributed by atoms with Gasteiger partial charge in [0.2, 0.25) is 0 Å². The van der Waals surface area contributed by atoms with Crippen molar-refractivity contribution in [2.24, 2.45) is 0 Å². The fourth-order valence-electron chi connectivity index (χ4n) is 3.05. The molecular formula is C23H20N2O3. The summed E-state index contributed by atoms with van der Waals surface area (Å²) in [5.41, 5.74) is 3.76. The number of H-pyrrole nitrogens is 1. The van der Waals surface area contributed by atoms with Gasteiger partial charge in [-0.1, -0.05) is 48.5 Å². The van der Waals surface area contributed by atoms with Crippen LogP contribution in [0.5, 0.6) is 11.5 Å². The van der Waals surface area contributed by atoms with Crippen LogP contribution in [0.15, 0.2) is 78.9 Å². The van der Waals surface area contributed by atoms with Gasteiger partial charge in [0, 0.05) is 17.1 Å². The molecule has 5 nitrogen and oxygen atoms in total. The minimum absolute atomic E-state index is 0.0695. The fourth-order valence-corrected chi connectivity index (χ4v) is 3.05. The van der Waals surface area contributed by atoms with Crippen molar-refractivity contribution >= 4 is 22.6 Å². The first-order valence-electron chi connectivity index (χ1n) is 8.99. The lowest BCUT2D eigenvalue weighted by Crippen LogP contribution is -2.15. The minimum atomic E-state index is -0.336.